The fourth-order valence-corrected chi connectivity index (χ4v) is 4.65. The molecule has 1 N–H and O–H groups in total. The molecule has 0 saturated heterocycles. The highest BCUT2D eigenvalue weighted by molar-refractivity contribution is 7.11. The molecule has 4 heteroatoms. The van der Waals surface area contributed by atoms with Crippen molar-refractivity contribution in [3.05, 3.63) is 69.9 Å². The zero-order chi connectivity index (χ0) is 19.0. The van der Waals surface area contributed by atoms with E-state index in [0.717, 1.165) is 28.1 Å². The minimum absolute atomic E-state index is 0.0711. The number of ether oxygens (including phenoxy) is 1. The zero-order valence-corrected chi connectivity index (χ0v) is 16.6. The lowest BCUT2D eigenvalue weighted by Crippen LogP contribution is -2.22. The van der Waals surface area contributed by atoms with Crippen LogP contribution in [-0.4, -0.2) is 12.0 Å². The Morgan fingerprint density at radius 1 is 1.07 bits per heavy atom. The Balaban J connectivity index is 1.69. The first kappa shape index (κ1) is 17.8. The van der Waals surface area contributed by atoms with Gasteiger partial charge in [0, 0.05) is 28.2 Å². The van der Waals surface area contributed by atoms with E-state index in [1.807, 2.05) is 26.0 Å². The second-order valence-electron chi connectivity index (χ2n) is 7.30. The monoisotopic (exact) mass is 377 g/mol. The second-order valence-corrected chi connectivity index (χ2v) is 8.21. The number of carbonyl (C=O) groups is 1. The van der Waals surface area contributed by atoms with Gasteiger partial charge >= 0.3 is 0 Å². The van der Waals surface area contributed by atoms with Crippen molar-refractivity contribution in [1.82, 2.24) is 0 Å². The summed E-state index contributed by atoms with van der Waals surface area (Å²) in [6.45, 7) is 6.12. The summed E-state index contributed by atoms with van der Waals surface area (Å²) in [6.07, 6.45) is 0.628. The van der Waals surface area contributed by atoms with Gasteiger partial charge in [-0.15, -0.1) is 11.3 Å². The van der Waals surface area contributed by atoms with E-state index in [2.05, 4.69) is 54.0 Å². The lowest BCUT2D eigenvalue weighted by atomic mass is 9.89. The Bertz CT molecular complexity index is 955. The van der Waals surface area contributed by atoms with Crippen LogP contribution in [0, 0.1) is 6.92 Å². The number of aryl methyl sites for hydroxylation is 1. The number of anilines is 1. The molecule has 138 valence electrons. The van der Waals surface area contributed by atoms with Gasteiger partial charge in [-0.1, -0.05) is 42.0 Å². The standard InChI is InChI=1S/C23H23NO2S/c1-14(2)26-18-10-8-16(9-11-18)19-12-21(25)24-22-20(13-27-23(19)22)17-6-4-15(3)5-7-17/h4-11,13-14,19H,12H2,1-3H3,(H,24,25)/t19-/m0/s1. The molecule has 0 spiro atoms. The highest BCUT2D eigenvalue weighted by atomic mass is 32.1. The number of carbonyl (C=O) groups excluding carboxylic acids is 1. The largest absolute Gasteiger partial charge is 0.491 e. The SMILES string of the molecule is Cc1ccc(-c2csc3c2NC(=O)C[C@H]3c2ccc(OC(C)C)cc2)cc1. The quantitative estimate of drug-likeness (QED) is 0.607. The first-order chi connectivity index (χ1) is 13.0. The van der Waals surface area contributed by atoms with E-state index in [4.69, 9.17) is 4.74 Å². The number of thiophene rings is 1. The third-order valence-electron chi connectivity index (χ3n) is 4.81. The molecule has 0 saturated carbocycles. The van der Waals surface area contributed by atoms with Gasteiger partial charge in [-0.2, -0.15) is 0 Å². The Labute approximate surface area is 164 Å². The summed E-state index contributed by atoms with van der Waals surface area (Å²) in [6, 6.07) is 16.6. The van der Waals surface area contributed by atoms with E-state index >= 15 is 0 Å². The van der Waals surface area contributed by atoms with Gasteiger partial charge in [0.2, 0.25) is 5.91 Å². The maximum atomic E-state index is 12.4. The van der Waals surface area contributed by atoms with Crippen LogP contribution >= 0.6 is 11.3 Å². The molecule has 0 radical (unpaired) electrons. The van der Waals surface area contributed by atoms with Crippen molar-refractivity contribution in [2.45, 2.75) is 39.2 Å². The van der Waals surface area contributed by atoms with Gasteiger partial charge in [0.25, 0.3) is 0 Å². The Morgan fingerprint density at radius 2 is 1.78 bits per heavy atom. The van der Waals surface area contributed by atoms with Crippen LogP contribution in [0.4, 0.5) is 5.69 Å². The van der Waals surface area contributed by atoms with Gasteiger partial charge in [-0.3, -0.25) is 4.79 Å². The minimum atomic E-state index is 0.0711. The molecule has 1 atom stereocenters. The topological polar surface area (TPSA) is 38.3 Å². The van der Waals surface area contributed by atoms with Gasteiger partial charge < -0.3 is 10.1 Å². The van der Waals surface area contributed by atoms with E-state index in [9.17, 15) is 4.79 Å². The summed E-state index contributed by atoms with van der Waals surface area (Å²) in [7, 11) is 0. The van der Waals surface area contributed by atoms with Crippen molar-refractivity contribution in [3.63, 3.8) is 0 Å². The molecule has 1 amide bonds. The lowest BCUT2D eigenvalue weighted by Gasteiger charge is -2.24. The Morgan fingerprint density at radius 3 is 2.44 bits per heavy atom. The number of rotatable bonds is 4. The third kappa shape index (κ3) is 3.62. The average molecular weight is 378 g/mol. The van der Waals surface area contributed by atoms with Crippen molar-refractivity contribution >= 4 is 22.9 Å². The van der Waals surface area contributed by atoms with E-state index < -0.39 is 0 Å². The number of hydrogen-bond donors (Lipinski definition) is 1. The molecule has 1 aliphatic rings. The minimum Gasteiger partial charge on any atom is -0.491 e. The molecule has 3 aromatic rings. The number of fused-ring (bicyclic) bond motifs is 1. The number of hydrogen-bond acceptors (Lipinski definition) is 3. The molecular formula is C23H23NO2S. The summed E-state index contributed by atoms with van der Waals surface area (Å²) < 4.78 is 5.74. The highest BCUT2D eigenvalue weighted by Crippen LogP contribution is 2.46. The molecule has 2 aromatic carbocycles. The summed E-state index contributed by atoms with van der Waals surface area (Å²) >= 11 is 1.72. The zero-order valence-electron chi connectivity index (χ0n) is 15.8. The van der Waals surface area contributed by atoms with Crippen LogP contribution in [0.1, 0.15) is 42.2 Å². The molecule has 27 heavy (non-hydrogen) atoms. The third-order valence-corrected chi connectivity index (χ3v) is 5.90. The van der Waals surface area contributed by atoms with E-state index in [1.165, 1.54) is 10.4 Å². The fourth-order valence-electron chi connectivity index (χ4n) is 3.49. The van der Waals surface area contributed by atoms with E-state index in [1.54, 1.807) is 11.3 Å². The number of benzene rings is 2. The van der Waals surface area contributed by atoms with Gasteiger partial charge in [0.1, 0.15) is 5.75 Å². The molecule has 0 bridgehead atoms. The van der Waals surface area contributed by atoms with Crippen LogP contribution in [0.25, 0.3) is 11.1 Å². The van der Waals surface area contributed by atoms with Crippen molar-refractivity contribution in [2.75, 3.05) is 5.32 Å². The van der Waals surface area contributed by atoms with Gasteiger partial charge in [-0.05, 0) is 44.0 Å². The van der Waals surface area contributed by atoms with Gasteiger partial charge in [-0.25, -0.2) is 0 Å². The van der Waals surface area contributed by atoms with Gasteiger partial charge in [0.05, 0.1) is 11.8 Å². The summed E-state index contributed by atoms with van der Waals surface area (Å²) in [4.78, 5) is 13.7. The predicted octanol–water partition coefficient (Wildman–Crippen LogP) is 5.98. The molecule has 0 aliphatic carbocycles. The second kappa shape index (κ2) is 7.20. The summed E-state index contributed by atoms with van der Waals surface area (Å²) in [5.41, 5.74) is 5.59. The predicted molar refractivity (Wildman–Crippen MR) is 112 cm³/mol. The number of nitrogens with one attached hydrogen (secondary N) is 1. The molecule has 2 heterocycles. The highest BCUT2D eigenvalue weighted by Gasteiger charge is 2.30. The van der Waals surface area contributed by atoms with Crippen LogP contribution in [0.2, 0.25) is 0 Å². The molecular weight excluding hydrogens is 354 g/mol. The summed E-state index contributed by atoms with van der Waals surface area (Å²) in [5, 5.41) is 5.26. The first-order valence-electron chi connectivity index (χ1n) is 9.26. The molecule has 1 aliphatic heterocycles. The molecule has 0 unspecified atom stereocenters. The van der Waals surface area contributed by atoms with Crippen molar-refractivity contribution in [1.29, 1.82) is 0 Å². The van der Waals surface area contributed by atoms with E-state index in [-0.39, 0.29) is 17.9 Å². The van der Waals surface area contributed by atoms with Gasteiger partial charge in [0.15, 0.2) is 0 Å². The maximum absolute atomic E-state index is 12.4. The maximum Gasteiger partial charge on any atom is 0.225 e. The molecule has 4 rings (SSSR count). The Kier molecular flexibility index (Phi) is 4.75. The van der Waals surface area contributed by atoms with Crippen molar-refractivity contribution < 1.29 is 9.53 Å². The molecule has 0 fully saturated rings. The van der Waals surface area contributed by atoms with Crippen LogP contribution in [0.3, 0.4) is 0 Å². The molecule has 1 aromatic heterocycles. The van der Waals surface area contributed by atoms with E-state index in [0.29, 0.717) is 6.42 Å². The van der Waals surface area contributed by atoms with Crippen molar-refractivity contribution in [2.24, 2.45) is 0 Å². The number of amides is 1. The fraction of sp³-hybridized carbons (Fsp3) is 0.261. The van der Waals surface area contributed by atoms with Crippen LogP contribution in [0.15, 0.2) is 53.9 Å². The normalized spacial score (nSPS) is 16.1. The average Bonchev–Trinajstić information content (AvgIpc) is 3.05. The van der Waals surface area contributed by atoms with Crippen LogP contribution in [-0.2, 0) is 4.79 Å². The van der Waals surface area contributed by atoms with Crippen LogP contribution in [0.5, 0.6) is 5.75 Å². The lowest BCUT2D eigenvalue weighted by molar-refractivity contribution is -0.116. The Hall–Kier alpha value is -2.59. The molecule has 3 nitrogen and oxygen atoms in total. The van der Waals surface area contributed by atoms with Crippen molar-refractivity contribution in [3.8, 4) is 16.9 Å². The van der Waals surface area contributed by atoms with Crippen LogP contribution < -0.4 is 10.1 Å². The smallest absolute Gasteiger partial charge is 0.225 e. The summed E-state index contributed by atoms with van der Waals surface area (Å²) in [5.74, 6) is 1.02. The first-order valence-corrected chi connectivity index (χ1v) is 10.1.